The summed E-state index contributed by atoms with van der Waals surface area (Å²) in [7, 11) is 0. The van der Waals surface area contributed by atoms with Crippen molar-refractivity contribution in [3.05, 3.63) is 34.9 Å². The summed E-state index contributed by atoms with van der Waals surface area (Å²) in [5.74, 6) is 0. The Morgan fingerprint density at radius 1 is 1.14 bits per heavy atom. The molecule has 1 unspecified atom stereocenters. The molecule has 1 fully saturated rings. The Balaban J connectivity index is 1.95. The van der Waals surface area contributed by atoms with E-state index >= 15 is 0 Å². The lowest BCUT2D eigenvalue weighted by Gasteiger charge is -2.35. The first-order valence-corrected chi connectivity index (χ1v) is 7.67. The molecule has 0 radical (unpaired) electrons. The highest BCUT2D eigenvalue weighted by Crippen LogP contribution is 2.43. The van der Waals surface area contributed by atoms with Crippen LogP contribution in [0.15, 0.2) is 18.2 Å². The van der Waals surface area contributed by atoms with Crippen LogP contribution < -0.4 is 5.73 Å². The molecule has 2 aliphatic rings. The van der Waals surface area contributed by atoms with Gasteiger partial charge in [-0.15, -0.1) is 0 Å². The highest BCUT2D eigenvalue weighted by Gasteiger charge is 2.41. The van der Waals surface area contributed by atoms with Gasteiger partial charge in [0.2, 0.25) is 0 Å². The van der Waals surface area contributed by atoms with Gasteiger partial charge in [-0.3, -0.25) is 4.90 Å². The van der Waals surface area contributed by atoms with Crippen molar-refractivity contribution < 1.29 is 13.2 Å². The monoisotopic (exact) mass is 298 g/mol. The number of halogens is 3. The second kappa shape index (κ2) is 5.61. The fourth-order valence-electron chi connectivity index (χ4n) is 3.89. The maximum absolute atomic E-state index is 13.2. The molecule has 0 saturated heterocycles. The first kappa shape index (κ1) is 14.9. The summed E-state index contributed by atoms with van der Waals surface area (Å²) < 4.78 is 39.6. The van der Waals surface area contributed by atoms with Gasteiger partial charge in [-0.1, -0.05) is 31.4 Å². The third-order valence-corrected chi connectivity index (χ3v) is 4.88. The van der Waals surface area contributed by atoms with Gasteiger partial charge in [0.05, 0.1) is 5.56 Å². The number of nitrogens with two attached hydrogens (primary N) is 1. The Kier molecular flexibility index (Phi) is 3.97. The molecule has 2 N–H and O–H groups in total. The van der Waals surface area contributed by atoms with Crippen LogP contribution in [0.1, 0.15) is 54.8 Å². The molecule has 0 bridgehead atoms. The Bertz CT molecular complexity index is 507. The molecule has 5 heteroatoms. The number of benzene rings is 1. The van der Waals surface area contributed by atoms with E-state index in [2.05, 4.69) is 4.90 Å². The molecule has 0 aromatic heterocycles. The van der Waals surface area contributed by atoms with Gasteiger partial charge in [0.1, 0.15) is 0 Å². The summed E-state index contributed by atoms with van der Waals surface area (Å²) in [6, 6.07) is 4.82. The highest BCUT2D eigenvalue weighted by molar-refractivity contribution is 5.42. The van der Waals surface area contributed by atoms with Crippen molar-refractivity contribution in [2.45, 2.75) is 56.9 Å². The van der Waals surface area contributed by atoms with Crippen molar-refractivity contribution in [2.24, 2.45) is 5.73 Å². The van der Waals surface area contributed by atoms with Gasteiger partial charge in [-0.25, -0.2) is 0 Å². The number of fused-ring (bicyclic) bond motifs is 1. The lowest BCUT2D eigenvalue weighted by atomic mass is 9.93. The fourth-order valence-corrected chi connectivity index (χ4v) is 3.89. The molecular weight excluding hydrogens is 277 g/mol. The molecule has 3 rings (SSSR count). The zero-order valence-corrected chi connectivity index (χ0v) is 12.0. The minimum absolute atomic E-state index is 0.0644. The van der Waals surface area contributed by atoms with E-state index in [0.29, 0.717) is 24.7 Å². The third kappa shape index (κ3) is 2.69. The lowest BCUT2D eigenvalue weighted by Crippen LogP contribution is -2.38. The Morgan fingerprint density at radius 2 is 1.86 bits per heavy atom. The van der Waals surface area contributed by atoms with Crippen LogP contribution in [0, 0.1) is 0 Å². The zero-order chi connectivity index (χ0) is 15.0. The van der Waals surface area contributed by atoms with Crippen molar-refractivity contribution in [3.63, 3.8) is 0 Å². The van der Waals surface area contributed by atoms with Gasteiger partial charge in [0.25, 0.3) is 0 Å². The van der Waals surface area contributed by atoms with Crippen LogP contribution in [0.4, 0.5) is 13.2 Å². The van der Waals surface area contributed by atoms with Gasteiger partial charge < -0.3 is 5.73 Å². The number of hydrogen-bond acceptors (Lipinski definition) is 2. The van der Waals surface area contributed by atoms with E-state index in [-0.39, 0.29) is 6.04 Å². The van der Waals surface area contributed by atoms with E-state index in [1.54, 1.807) is 0 Å². The van der Waals surface area contributed by atoms with Crippen LogP contribution >= 0.6 is 0 Å². The Labute approximate surface area is 123 Å². The van der Waals surface area contributed by atoms with Crippen molar-refractivity contribution in [1.82, 2.24) is 4.90 Å². The SMILES string of the molecule is NCC1c2cccc(C(F)(F)F)c2CN1C1CCCCC1. The molecule has 1 aliphatic carbocycles. The predicted molar refractivity (Wildman–Crippen MR) is 75.7 cm³/mol. The summed E-state index contributed by atoms with van der Waals surface area (Å²) in [5, 5.41) is 0. The van der Waals surface area contributed by atoms with Gasteiger partial charge in [0.15, 0.2) is 0 Å². The maximum atomic E-state index is 13.2. The van der Waals surface area contributed by atoms with E-state index in [9.17, 15) is 13.2 Å². The van der Waals surface area contributed by atoms with Gasteiger partial charge in [-0.2, -0.15) is 13.2 Å². The molecule has 1 atom stereocenters. The van der Waals surface area contributed by atoms with Crippen LogP contribution in [0.5, 0.6) is 0 Å². The molecule has 1 aliphatic heterocycles. The molecule has 0 spiro atoms. The molecule has 1 saturated carbocycles. The number of rotatable bonds is 2. The van der Waals surface area contributed by atoms with Crippen LogP contribution in [0.25, 0.3) is 0 Å². The Morgan fingerprint density at radius 3 is 2.48 bits per heavy atom. The lowest BCUT2D eigenvalue weighted by molar-refractivity contribution is -0.138. The third-order valence-electron chi connectivity index (χ3n) is 4.88. The summed E-state index contributed by atoms with van der Waals surface area (Å²) in [5.41, 5.74) is 6.60. The molecule has 2 nitrogen and oxygen atoms in total. The van der Waals surface area contributed by atoms with Crippen LogP contribution in [-0.4, -0.2) is 17.5 Å². The van der Waals surface area contributed by atoms with E-state index in [1.807, 2.05) is 6.07 Å². The smallest absolute Gasteiger partial charge is 0.329 e. The van der Waals surface area contributed by atoms with E-state index in [4.69, 9.17) is 5.73 Å². The van der Waals surface area contributed by atoms with E-state index < -0.39 is 11.7 Å². The maximum Gasteiger partial charge on any atom is 0.416 e. The minimum atomic E-state index is -4.28. The fraction of sp³-hybridized carbons (Fsp3) is 0.625. The predicted octanol–water partition coefficient (Wildman–Crippen LogP) is 3.85. The summed E-state index contributed by atoms with van der Waals surface area (Å²) in [6.45, 7) is 0.766. The van der Waals surface area contributed by atoms with Crippen molar-refractivity contribution in [2.75, 3.05) is 6.54 Å². The Hall–Kier alpha value is -1.07. The van der Waals surface area contributed by atoms with Crippen LogP contribution in [0.3, 0.4) is 0 Å². The van der Waals surface area contributed by atoms with Gasteiger partial charge in [0, 0.05) is 25.2 Å². The first-order valence-electron chi connectivity index (χ1n) is 7.67. The van der Waals surface area contributed by atoms with Gasteiger partial charge >= 0.3 is 6.18 Å². The average Bonchev–Trinajstić information content (AvgIpc) is 2.85. The zero-order valence-electron chi connectivity index (χ0n) is 12.0. The van der Waals surface area contributed by atoms with Gasteiger partial charge in [-0.05, 0) is 30.0 Å². The molecular formula is C16H21F3N2. The number of nitrogens with zero attached hydrogens (tertiary/aromatic N) is 1. The van der Waals surface area contributed by atoms with Crippen LogP contribution in [0.2, 0.25) is 0 Å². The summed E-state index contributed by atoms with van der Waals surface area (Å²) >= 11 is 0. The summed E-state index contributed by atoms with van der Waals surface area (Å²) in [6.07, 6.45) is 1.44. The average molecular weight is 298 g/mol. The standard InChI is InChI=1S/C16H21F3N2/c17-16(18,19)14-8-4-7-12-13(14)10-21(15(12)9-20)11-5-2-1-3-6-11/h4,7-8,11,15H,1-3,5-6,9-10,20H2. The molecule has 1 aromatic carbocycles. The molecule has 21 heavy (non-hydrogen) atoms. The highest BCUT2D eigenvalue weighted by atomic mass is 19.4. The number of hydrogen-bond donors (Lipinski definition) is 1. The quantitative estimate of drug-likeness (QED) is 0.898. The van der Waals surface area contributed by atoms with E-state index in [1.165, 1.54) is 31.4 Å². The normalized spacial score (nSPS) is 24.3. The second-order valence-electron chi connectivity index (χ2n) is 6.09. The second-order valence-corrected chi connectivity index (χ2v) is 6.09. The summed E-state index contributed by atoms with van der Waals surface area (Å²) in [4.78, 5) is 2.21. The minimum Gasteiger partial charge on any atom is -0.329 e. The topological polar surface area (TPSA) is 29.3 Å². The van der Waals surface area contributed by atoms with E-state index in [0.717, 1.165) is 18.4 Å². The molecule has 0 amide bonds. The molecule has 1 heterocycles. The largest absolute Gasteiger partial charge is 0.416 e. The first-order chi connectivity index (χ1) is 10.0. The van der Waals surface area contributed by atoms with Crippen molar-refractivity contribution in [1.29, 1.82) is 0 Å². The molecule has 1 aromatic rings. The van der Waals surface area contributed by atoms with Crippen molar-refractivity contribution >= 4 is 0 Å². The van der Waals surface area contributed by atoms with Crippen molar-refractivity contribution in [3.8, 4) is 0 Å². The molecule has 116 valence electrons. The number of alkyl halides is 3. The van der Waals surface area contributed by atoms with Crippen LogP contribution in [-0.2, 0) is 12.7 Å².